The highest BCUT2D eigenvalue weighted by Crippen LogP contribution is 2.30. The summed E-state index contributed by atoms with van der Waals surface area (Å²) in [6.07, 6.45) is 0.404. The van der Waals surface area contributed by atoms with Gasteiger partial charge in [0.15, 0.2) is 0 Å². The second-order valence-corrected chi connectivity index (χ2v) is 4.52. The van der Waals surface area contributed by atoms with Gasteiger partial charge in [0.25, 0.3) is 0 Å². The van der Waals surface area contributed by atoms with Crippen molar-refractivity contribution < 1.29 is 14.3 Å². The number of aliphatic hydroxyl groups is 1. The summed E-state index contributed by atoms with van der Waals surface area (Å²) in [5, 5.41) is 9.60. The van der Waals surface area contributed by atoms with Crippen LogP contribution in [0.15, 0.2) is 18.2 Å². The molecule has 17 heavy (non-hydrogen) atoms. The Morgan fingerprint density at radius 2 is 2.06 bits per heavy atom. The van der Waals surface area contributed by atoms with Crippen molar-refractivity contribution in [1.29, 1.82) is 0 Å². The highest BCUT2D eigenvalue weighted by molar-refractivity contribution is 5.97. The number of benzene rings is 1. The van der Waals surface area contributed by atoms with Crippen molar-refractivity contribution in [3.8, 4) is 0 Å². The standard InChI is InChI=1S/C13H16FNO2/c1-8(9(2)16)15-12-7-11(14)5-3-10(12)4-6-13(15)17/h3,5,7-9,16H,4,6H2,1-2H3. The molecule has 0 aliphatic carbocycles. The van der Waals surface area contributed by atoms with Crippen molar-refractivity contribution in [1.82, 2.24) is 0 Å². The Balaban J connectivity index is 2.45. The normalized spacial score (nSPS) is 18.8. The van der Waals surface area contributed by atoms with Crippen LogP contribution in [0.2, 0.25) is 0 Å². The molecule has 2 rings (SSSR count). The first-order valence-electron chi connectivity index (χ1n) is 5.79. The average molecular weight is 237 g/mol. The molecule has 1 N–H and O–H groups in total. The van der Waals surface area contributed by atoms with Crippen LogP contribution in [0.5, 0.6) is 0 Å². The zero-order valence-corrected chi connectivity index (χ0v) is 9.98. The first-order chi connectivity index (χ1) is 8.00. The SMILES string of the molecule is CC(O)C(C)N1C(=O)CCc2ccc(F)cc21. The maximum absolute atomic E-state index is 13.3. The third-order valence-corrected chi connectivity index (χ3v) is 3.29. The minimum absolute atomic E-state index is 0.0588. The lowest BCUT2D eigenvalue weighted by atomic mass is 9.98. The molecule has 3 nitrogen and oxygen atoms in total. The Labute approximate surface area is 99.9 Å². The first kappa shape index (κ1) is 12.0. The number of halogens is 1. The van der Waals surface area contributed by atoms with Gasteiger partial charge in [0.2, 0.25) is 5.91 Å². The molecule has 0 fully saturated rings. The van der Waals surface area contributed by atoms with Crippen LogP contribution in [-0.2, 0) is 11.2 Å². The number of aryl methyl sites for hydroxylation is 1. The summed E-state index contributed by atoms with van der Waals surface area (Å²) in [5.41, 5.74) is 1.55. The fourth-order valence-electron chi connectivity index (χ4n) is 2.13. The zero-order valence-electron chi connectivity index (χ0n) is 9.98. The molecule has 4 heteroatoms. The predicted molar refractivity (Wildman–Crippen MR) is 63.3 cm³/mol. The topological polar surface area (TPSA) is 40.5 Å². The summed E-state index contributed by atoms with van der Waals surface area (Å²) < 4.78 is 13.3. The molecule has 0 bridgehead atoms. The highest BCUT2D eigenvalue weighted by Gasteiger charge is 2.30. The van der Waals surface area contributed by atoms with Crippen LogP contribution >= 0.6 is 0 Å². The number of rotatable bonds is 2. The van der Waals surface area contributed by atoms with E-state index in [2.05, 4.69) is 0 Å². The van der Waals surface area contributed by atoms with Gasteiger partial charge in [-0.2, -0.15) is 0 Å². The molecule has 1 amide bonds. The molecule has 0 aromatic heterocycles. The number of carbonyl (C=O) groups is 1. The van der Waals surface area contributed by atoms with Gasteiger partial charge in [-0.3, -0.25) is 4.79 Å². The predicted octanol–water partition coefficient (Wildman–Crippen LogP) is 1.87. The molecule has 1 heterocycles. The number of amides is 1. The molecule has 2 unspecified atom stereocenters. The van der Waals surface area contributed by atoms with Gasteiger partial charge in [0.1, 0.15) is 5.82 Å². The highest BCUT2D eigenvalue weighted by atomic mass is 19.1. The molecule has 0 spiro atoms. The number of hydrogen-bond acceptors (Lipinski definition) is 2. The van der Waals surface area contributed by atoms with Gasteiger partial charge in [0.05, 0.1) is 17.8 Å². The Kier molecular flexibility index (Phi) is 3.15. The maximum Gasteiger partial charge on any atom is 0.227 e. The smallest absolute Gasteiger partial charge is 0.227 e. The lowest BCUT2D eigenvalue weighted by molar-refractivity contribution is -0.119. The third-order valence-electron chi connectivity index (χ3n) is 3.29. The number of anilines is 1. The van der Waals surface area contributed by atoms with Crippen molar-refractivity contribution in [3.05, 3.63) is 29.6 Å². The van der Waals surface area contributed by atoms with Crippen molar-refractivity contribution in [2.24, 2.45) is 0 Å². The van der Waals surface area contributed by atoms with E-state index in [4.69, 9.17) is 0 Å². The van der Waals surface area contributed by atoms with Crippen LogP contribution in [0.4, 0.5) is 10.1 Å². The molecule has 1 aliphatic heterocycles. The number of fused-ring (bicyclic) bond motifs is 1. The number of nitrogens with zero attached hydrogens (tertiary/aromatic N) is 1. The Bertz CT molecular complexity index is 445. The molecule has 1 aliphatic rings. The first-order valence-corrected chi connectivity index (χ1v) is 5.79. The molecule has 1 aromatic rings. The monoisotopic (exact) mass is 237 g/mol. The summed E-state index contributed by atoms with van der Waals surface area (Å²) in [6.45, 7) is 3.40. The number of carbonyl (C=O) groups excluding carboxylic acids is 1. The summed E-state index contributed by atoms with van der Waals surface area (Å²) in [4.78, 5) is 13.4. The summed E-state index contributed by atoms with van der Waals surface area (Å²) in [5.74, 6) is -0.419. The second kappa shape index (κ2) is 4.45. The van der Waals surface area contributed by atoms with E-state index in [1.54, 1.807) is 19.9 Å². The number of aliphatic hydroxyl groups excluding tert-OH is 1. The minimum Gasteiger partial charge on any atom is -0.391 e. The summed E-state index contributed by atoms with van der Waals surface area (Å²) >= 11 is 0. The fraction of sp³-hybridized carbons (Fsp3) is 0.462. The van der Waals surface area contributed by atoms with Crippen molar-refractivity contribution in [2.75, 3.05) is 4.90 Å². The van der Waals surface area contributed by atoms with Crippen LogP contribution < -0.4 is 4.90 Å². The summed E-state index contributed by atoms with van der Waals surface area (Å²) in [7, 11) is 0. The van der Waals surface area contributed by atoms with E-state index in [1.165, 1.54) is 17.0 Å². The second-order valence-electron chi connectivity index (χ2n) is 4.52. The van der Waals surface area contributed by atoms with Crippen molar-refractivity contribution in [3.63, 3.8) is 0 Å². The lowest BCUT2D eigenvalue weighted by Crippen LogP contribution is -2.46. The fourth-order valence-corrected chi connectivity index (χ4v) is 2.13. The van der Waals surface area contributed by atoms with Crippen LogP contribution in [0.1, 0.15) is 25.8 Å². The number of hydrogen-bond donors (Lipinski definition) is 1. The average Bonchev–Trinajstić information content (AvgIpc) is 2.27. The molecule has 92 valence electrons. The largest absolute Gasteiger partial charge is 0.391 e. The Morgan fingerprint density at radius 1 is 1.35 bits per heavy atom. The van der Waals surface area contributed by atoms with Gasteiger partial charge >= 0.3 is 0 Å². The minimum atomic E-state index is -0.645. The molecule has 0 saturated heterocycles. The van der Waals surface area contributed by atoms with Crippen LogP contribution in [-0.4, -0.2) is 23.2 Å². The molecular weight excluding hydrogens is 221 g/mol. The van der Waals surface area contributed by atoms with E-state index in [9.17, 15) is 14.3 Å². The van der Waals surface area contributed by atoms with Crippen LogP contribution in [0.3, 0.4) is 0 Å². The van der Waals surface area contributed by atoms with E-state index in [-0.39, 0.29) is 17.8 Å². The van der Waals surface area contributed by atoms with Gasteiger partial charge in [-0.15, -0.1) is 0 Å². The molecule has 1 aromatic carbocycles. The van der Waals surface area contributed by atoms with E-state index in [0.29, 0.717) is 18.5 Å². The van der Waals surface area contributed by atoms with Gasteiger partial charge < -0.3 is 10.0 Å². The van der Waals surface area contributed by atoms with Gasteiger partial charge in [0, 0.05) is 6.42 Å². The van der Waals surface area contributed by atoms with E-state index in [1.807, 2.05) is 0 Å². The Morgan fingerprint density at radius 3 is 2.71 bits per heavy atom. The molecule has 0 radical (unpaired) electrons. The molecule has 0 saturated carbocycles. The van der Waals surface area contributed by atoms with Crippen molar-refractivity contribution >= 4 is 11.6 Å². The summed E-state index contributed by atoms with van der Waals surface area (Å²) in [6, 6.07) is 4.13. The zero-order chi connectivity index (χ0) is 12.6. The van der Waals surface area contributed by atoms with Gasteiger partial charge in [-0.1, -0.05) is 6.07 Å². The van der Waals surface area contributed by atoms with Crippen molar-refractivity contribution in [2.45, 2.75) is 38.8 Å². The van der Waals surface area contributed by atoms with Gasteiger partial charge in [-0.05, 0) is 38.0 Å². The maximum atomic E-state index is 13.3. The van der Waals surface area contributed by atoms with Crippen LogP contribution in [0.25, 0.3) is 0 Å². The molecular formula is C13H16FNO2. The lowest BCUT2D eigenvalue weighted by Gasteiger charge is -2.35. The van der Waals surface area contributed by atoms with Gasteiger partial charge in [-0.25, -0.2) is 4.39 Å². The third kappa shape index (κ3) is 2.17. The van der Waals surface area contributed by atoms with E-state index in [0.717, 1.165) is 5.56 Å². The van der Waals surface area contributed by atoms with E-state index >= 15 is 0 Å². The van der Waals surface area contributed by atoms with Crippen LogP contribution in [0, 0.1) is 5.82 Å². The van der Waals surface area contributed by atoms with E-state index < -0.39 is 6.10 Å². The molecule has 2 atom stereocenters. The Hall–Kier alpha value is -1.42. The quantitative estimate of drug-likeness (QED) is 0.853.